The summed E-state index contributed by atoms with van der Waals surface area (Å²) in [6.07, 6.45) is 0.990. The largest absolute Gasteiger partial charge is 0.443 e. The summed E-state index contributed by atoms with van der Waals surface area (Å²) in [5.74, 6) is -0.515. The number of hydrogen-bond acceptors (Lipinski definition) is 9. The molecular weight excluding hydrogens is 529 g/mol. The van der Waals surface area contributed by atoms with Gasteiger partial charge in [-0.15, -0.1) is 0 Å². The van der Waals surface area contributed by atoms with Crippen LogP contribution in [0.15, 0.2) is 36.5 Å². The number of rotatable bonds is 3. The molecule has 2 fully saturated rings. The molecule has 41 heavy (non-hydrogen) atoms. The Bertz CT molecular complexity index is 1590. The zero-order valence-corrected chi connectivity index (χ0v) is 23.3. The number of ether oxygens (including phenoxy) is 2. The summed E-state index contributed by atoms with van der Waals surface area (Å²) in [7, 11) is 2.09. The molecule has 11 nitrogen and oxygen atoms in total. The highest BCUT2D eigenvalue weighted by Gasteiger charge is 2.41. The van der Waals surface area contributed by atoms with Crippen molar-refractivity contribution in [1.82, 2.24) is 24.6 Å². The summed E-state index contributed by atoms with van der Waals surface area (Å²) in [5, 5.41) is 14.5. The Labute approximate surface area is 236 Å². The van der Waals surface area contributed by atoms with E-state index in [4.69, 9.17) is 14.6 Å². The highest BCUT2D eigenvalue weighted by Crippen LogP contribution is 2.35. The smallest absolute Gasteiger partial charge is 0.417 e. The van der Waals surface area contributed by atoms with Crippen molar-refractivity contribution in [2.45, 2.75) is 45.1 Å². The van der Waals surface area contributed by atoms with Gasteiger partial charge in [0.25, 0.3) is 5.91 Å². The number of anilines is 1. The van der Waals surface area contributed by atoms with E-state index in [9.17, 15) is 14.9 Å². The van der Waals surface area contributed by atoms with Gasteiger partial charge in [-0.05, 0) is 46.0 Å². The average Bonchev–Trinajstić information content (AvgIpc) is 3.65. The van der Waals surface area contributed by atoms with Crippen LogP contribution in [0.3, 0.4) is 0 Å². The zero-order valence-electron chi connectivity index (χ0n) is 23.3. The fraction of sp³-hybridized carbons (Fsp3) is 0.414. The monoisotopic (exact) mass is 559 g/mol. The minimum atomic E-state index is -0.815. The average molecular weight is 560 g/mol. The van der Waals surface area contributed by atoms with Crippen LogP contribution in [0.2, 0.25) is 0 Å². The predicted octanol–water partition coefficient (Wildman–Crippen LogP) is 3.36. The van der Waals surface area contributed by atoms with Crippen LogP contribution in [-0.4, -0.2) is 87.6 Å². The van der Waals surface area contributed by atoms with Crippen LogP contribution >= 0.6 is 0 Å². The van der Waals surface area contributed by atoms with Gasteiger partial charge in [0.15, 0.2) is 5.82 Å². The molecule has 0 unspecified atom stereocenters. The molecule has 0 radical (unpaired) electrons. The van der Waals surface area contributed by atoms with Crippen LogP contribution in [0.1, 0.15) is 42.4 Å². The van der Waals surface area contributed by atoms with E-state index in [0.29, 0.717) is 24.7 Å². The molecular formula is C29H30FN7O4. The van der Waals surface area contributed by atoms with Crippen LogP contribution < -0.4 is 4.90 Å². The van der Waals surface area contributed by atoms with Crippen molar-refractivity contribution < 1.29 is 23.5 Å². The van der Waals surface area contributed by atoms with E-state index in [-0.39, 0.29) is 46.8 Å². The first kappa shape index (κ1) is 26.9. The maximum Gasteiger partial charge on any atom is 0.417 e. The lowest BCUT2D eigenvalue weighted by Gasteiger charge is -2.33. The Hall–Kier alpha value is -4.34. The van der Waals surface area contributed by atoms with Gasteiger partial charge in [-0.25, -0.2) is 23.8 Å². The van der Waals surface area contributed by atoms with E-state index < -0.39 is 23.4 Å². The second kappa shape index (κ2) is 9.94. The molecule has 0 saturated carbocycles. The number of pyridine rings is 1. The first-order valence-corrected chi connectivity index (χ1v) is 13.4. The molecule has 0 N–H and O–H groups in total. The molecule has 3 aliphatic heterocycles. The number of nitrogens with zero attached hydrogens (tertiary/aromatic N) is 7. The molecule has 6 rings (SSSR count). The van der Waals surface area contributed by atoms with Gasteiger partial charge in [-0.1, -0.05) is 6.07 Å². The number of imide groups is 1. The fourth-order valence-corrected chi connectivity index (χ4v) is 5.60. The number of likely N-dealkylation sites (N-methyl/N-ethyl adjacent to an activating group) is 1. The number of halogens is 1. The number of benzene rings is 1. The summed E-state index contributed by atoms with van der Waals surface area (Å²) in [6, 6.07) is 9.85. The Balaban J connectivity index is 1.43. The van der Waals surface area contributed by atoms with Crippen molar-refractivity contribution in [3.8, 4) is 23.0 Å². The van der Waals surface area contributed by atoms with Gasteiger partial charge in [-0.3, -0.25) is 9.69 Å². The van der Waals surface area contributed by atoms with E-state index in [0.717, 1.165) is 18.0 Å². The van der Waals surface area contributed by atoms with Crippen LogP contribution in [0.5, 0.6) is 0 Å². The normalized spacial score (nSPS) is 20.6. The molecule has 5 heterocycles. The maximum atomic E-state index is 15.1. The van der Waals surface area contributed by atoms with Crippen molar-refractivity contribution >= 4 is 17.8 Å². The standard InChI is InChI=1S/C29H30FN7O4/c1-29(2,3)41-28(39)36-14-20-26(27(36)38)21(12-19(32-20)25-17(13-31)6-5-7-18(25)30)37-9-8-24(33-37)35-15-22-23(16-35)40-11-10-34(22)4/h5-9,12,22-23H,10-11,14-16H2,1-4H3/t22-,23+/m0/s1. The number of carbonyl (C=O) groups excluding carboxylic acids is 2. The van der Waals surface area contributed by atoms with Gasteiger partial charge in [-0.2, -0.15) is 10.4 Å². The topological polar surface area (TPSA) is 117 Å². The van der Waals surface area contributed by atoms with Gasteiger partial charge in [0.1, 0.15) is 11.4 Å². The number of nitriles is 1. The van der Waals surface area contributed by atoms with E-state index in [1.807, 2.05) is 12.1 Å². The summed E-state index contributed by atoms with van der Waals surface area (Å²) in [5.41, 5.74) is 0.210. The van der Waals surface area contributed by atoms with E-state index >= 15 is 4.39 Å². The summed E-state index contributed by atoms with van der Waals surface area (Å²) in [6.45, 7) is 7.95. The van der Waals surface area contributed by atoms with Crippen molar-refractivity contribution in [3.05, 3.63) is 59.2 Å². The van der Waals surface area contributed by atoms with Gasteiger partial charge < -0.3 is 14.4 Å². The second-order valence-corrected chi connectivity index (χ2v) is 11.5. The number of morpholine rings is 1. The van der Waals surface area contributed by atoms with Gasteiger partial charge in [0, 0.05) is 31.9 Å². The Morgan fingerprint density at radius 3 is 2.76 bits per heavy atom. The second-order valence-electron chi connectivity index (χ2n) is 11.5. The molecule has 2 saturated heterocycles. The van der Waals surface area contributed by atoms with Crippen LogP contribution in [-0.2, 0) is 16.0 Å². The van der Waals surface area contributed by atoms with Gasteiger partial charge in [0.2, 0.25) is 0 Å². The third-order valence-corrected chi connectivity index (χ3v) is 7.57. The number of hydrogen-bond donors (Lipinski definition) is 0. The molecule has 0 bridgehead atoms. The number of carbonyl (C=O) groups is 2. The summed E-state index contributed by atoms with van der Waals surface area (Å²) < 4.78 is 28.0. The summed E-state index contributed by atoms with van der Waals surface area (Å²) in [4.78, 5) is 36.5. The fourth-order valence-electron chi connectivity index (χ4n) is 5.60. The first-order chi connectivity index (χ1) is 19.5. The molecule has 2 aromatic heterocycles. The SMILES string of the molecule is CN1CCO[C@@H]2CN(c3ccn(-c4cc(-c5c(F)cccc5C#N)nc5c4C(=O)N(C(=O)OC(C)(C)C)C5)n3)C[C@@H]21. The zero-order chi connectivity index (χ0) is 29.1. The number of fused-ring (bicyclic) bond motifs is 2. The minimum Gasteiger partial charge on any atom is -0.443 e. The number of aromatic nitrogens is 3. The third kappa shape index (κ3) is 4.81. The van der Waals surface area contributed by atoms with Crippen molar-refractivity contribution in [1.29, 1.82) is 5.26 Å². The maximum absolute atomic E-state index is 15.1. The highest BCUT2D eigenvalue weighted by molar-refractivity contribution is 6.08. The van der Waals surface area contributed by atoms with E-state index in [1.54, 1.807) is 27.0 Å². The highest BCUT2D eigenvalue weighted by atomic mass is 19.1. The Morgan fingerprint density at radius 1 is 1.22 bits per heavy atom. The molecule has 2 atom stereocenters. The molecule has 1 aromatic carbocycles. The van der Waals surface area contributed by atoms with Crippen LogP contribution in [0, 0.1) is 17.1 Å². The van der Waals surface area contributed by atoms with Crippen molar-refractivity contribution in [2.24, 2.45) is 0 Å². The quantitative estimate of drug-likeness (QED) is 0.476. The molecule has 2 amide bonds. The number of amides is 2. The Morgan fingerprint density at radius 2 is 2.02 bits per heavy atom. The van der Waals surface area contributed by atoms with Crippen molar-refractivity contribution in [3.63, 3.8) is 0 Å². The lowest BCUT2D eigenvalue weighted by atomic mass is 10.0. The van der Waals surface area contributed by atoms with Gasteiger partial charge >= 0.3 is 6.09 Å². The molecule has 3 aliphatic rings. The van der Waals surface area contributed by atoms with E-state index in [1.165, 1.54) is 28.9 Å². The van der Waals surface area contributed by atoms with Crippen LogP contribution in [0.4, 0.5) is 15.0 Å². The predicted molar refractivity (Wildman–Crippen MR) is 146 cm³/mol. The first-order valence-electron chi connectivity index (χ1n) is 13.4. The lowest BCUT2D eigenvalue weighted by Crippen LogP contribution is -2.48. The molecule has 0 spiro atoms. The van der Waals surface area contributed by atoms with E-state index in [2.05, 4.69) is 21.8 Å². The lowest BCUT2D eigenvalue weighted by molar-refractivity contribution is -0.0362. The summed E-state index contributed by atoms with van der Waals surface area (Å²) >= 11 is 0. The van der Waals surface area contributed by atoms with Gasteiger partial charge in [0.05, 0.1) is 65.1 Å². The molecule has 3 aromatic rings. The van der Waals surface area contributed by atoms with Crippen LogP contribution in [0.25, 0.3) is 16.9 Å². The third-order valence-electron chi connectivity index (χ3n) is 7.57. The molecule has 0 aliphatic carbocycles. The molecule has 12 heteroatoms. The molecule has 212 valence electrons. The van der Waals surface area contributed by atoms with Crippen molar-refractivity contribution in [2.75, 3.05) is 38.2 Å². The Kier molecular flexibility index (Phi) is 6.51. The minimum absolute atomic E-state index is 0.0124.